The number of hydrogen-bond donors (Lipinski definition) is 3. The third-order valence-corrected chi connectivity index (χ3v) is 5.53. The third-order valence-electron chi connectivity index (χ3n) is 5.53. The number of methoxy groups -OCH3 is 1. The molecule has 4 rings (SSSR count). The topological polar surface area (TPSA) is 130 Å². The molecule has 3 aromatic rings. The van der Waals surface area contributed by atoms with Gasteiger partial charge >= 0.3 is 12.1 Å². The minimum atomic E-state index is -4.70. The molecule has 0 amide bonds. The van der Waals surface area contributed by atoms with E-state index in [9.17, 15) is 23.2 Å². The van der Waals surface area contributed by atoms with Gasteiger partial charge in [0.25, 0.3) is 0 Å². The average molecular weight is 444 g/mol. The number of halogens is 3. The molecule has 0 spiro atoms. The van der Waals surface area contributed by atoms with Crippen molar-refractivity contribution in [2.75, 3.05) is 12.4 Å². The number of nitriles is 1. The lowest BCUT2D eigenvalue weighted by molar-refractivity contribution is -0.137. The highest BCUT2D eigenvalue weighted by atomic mass is 19.4. The number of nitrogens with two attached hydrogens (primary N) is 1. The molecule has 4 N–H and O–H groups in total. The number of esters is 1. The molecule has 1 aliphatic rings. The first kappa shape index (κ1) is 21.6. The Balaban J connectivity index is 1.85. The van der Waals surface area contributed by atoms with Crippen LogP contribution in [0.4, 0.5) is 19.1 Å². The Kier molecular flexibility index (Phi) is 5.48. The maximum atomic E-state index is 13.7. The summed E-state index contributed by atoms with van der Waals surface area (Å²) in [4.78, 5) is 22.8. The van der Waals surface area contributed by atoms with E-state index in [2.05, 4.69) is 25.0 Å². The monoisotopic (exact) mass is 444 g/mol. The average Bonchev–Trinajstić information content (AvgIpc) is 3.37. The molecule has 1 aliphatic carbocycles. The number of aromatic amines is 1. The normalized spacial score (nSPS) is 18.5. The van der Waals surface area contributed by atoms with E-state index in [1.807, 2.05) is 6.07 Å². The first-order valence-corrected chi connectivity index (χ1v) is 9.82. The highest BCUT2D eigenvalue weighted by molar-refractivity contribution is 6.04. The summed E-state index contributed by atoms with van der Waals surface area (Å²) in [6, 6.07) is 4.73. The Labute approximate surface area is 180 Å². The van der Waals surface area contributed by atoms with Gasteiger partial charge in [0.05, 0.1) is 29.4 Å². The molecule has 0 unspecified atom stereocenters. The van der Waals surface area contributed by atoms with Crippen molar-refractivity contribution >= 4 is 22.8 Å². The van der Waals surface area contributed by atoms with Gasteiger partial charge in [0.2, 0.25) is 5.95 Å². The predicted molar refractivity (Wildman–Crippen MR) is 110 cm³/mol. The van der Waals surface area contributed by atoms with E-state index in [0.717, 1.165) is 19.0 Å². The minimum absolute atomic E-state index is 0.00885. The van der Waals surface area contributed by atoms with E-state index in [4.69, 9.17) is 5.73 Å². The molecule has 0 bridgehead atoms. The zero-order valence-corrected chi connectivity index (χ0v) is 17.0. The van der Waals surface area contributed by atoms with Gasteiger partial charge in [-0.2, -0.15) is 18.4 Å². The van der Waals surface area contributed by atoms with Gasteiger partial charge in [-0.05, 0) is 25.3 Å². The van der Waals surface area contributed by atoms with Gasteiger partial charge < -0.3 is 20.8 Å². The third kappa shape index (κ3) is 3.85. The Bertz CT molecular complexity index is 1230. The van der Waals surface area contributed by atoms with Crippen LogP contribution in [0.1, 0.15) is 40.7 Å². The van der Waals surface area contributed by atoms with Gasteiger partial charge in [-0.3, -0.25) is 0 Å². The summed E-state index contributed by atoms with van der Waals surface area (Å²) in [5, 5.41) is 12.9. The van der Waals surface area contributed by atoms with Crippen molar-refractivity contribution < 1.29 is 22.7 Å². The number of fused-ring (bicyclic) bond motifs is 1. The summed E-state index contributed by atoms with van der Waals surface area (Å²) >= 11 is 0. The van der Waals surface area contributed by atoms with Crippen LogP contribution in [0.3, 0.4) is 0 Å². The Morgan fingerprint density at radius 2 is 2.16 bits per heavy atom. The fourth-order valence-electron chi connectivity index (χ4n) is 3.99. The highest BCUT2D eigenvalue weighted by Crippen LogP contribution is 2.39. The number of ether oxygens (including phenoxy) is 1. The summed E-state index contributed by atoms with van der Waals surface area (Å²) in [6.45, 7) is 0. The van der Waals surface area contributed by atoms with Crippen molar-refractivity contribution in [3.63, 3.8) is 0 Å². The molecule has 1 aromatic carbocycles. The van der Waals surface area contributed by atoms with Crippen LogP contribution >= 0.6 is 0 Å². The quantitative estimate of drug-likeness (QED) is 0.524. The van der Waals surface area contributed by atoms with Gasteiger partial charge in [-0.25, -0.2) is 14.8 Å². The molecular weight excluding hydrogens is 425 g/mol. The zero-order valence-electron chi connectivity index (χ0n) is 17.0. The summed E-state index contributed by atoms with van der Waals surface area (Å²) < 4.78 is 45.9. The number of benzene rings is 1. The molecule has 2 heterocycles. The standard InChI is InChI=1S/C21H19F3N6O2/c1-32-19(31)13-5-4-12-15(8-27-17(12)14(13)7-25)18-16(21(22,23)24)9-28-20(30-18)29-11-3-2-10(26)6-11/h4-5,8-11,27H,2-3,6,26H2,1H3,(H,28,29,30)/t10-,11-/m0/s1. The van der Waals surface area contributed by atoms with E-state index < -0.39 is 17.7 Å². The number of nitrogens with zero attached hydrogens (tertiary/aromatic N) is 3. The number of carbonyl (C=O) groups is 1. The van der Waals surface area contributed by atoms with Crippen molar-refractivity contribution in [2.24, 2.45) is 5.73 Å². The van der Waals surface area contributed by atoms with Crippen LogP contribution < -0.4 is 11.1 Å². The molecule has 8 nitrogen and oxygen atoms in total. The number of aromatic nitrogens is 3. The van der Waals surface area contributed by atoms with Crippen LogP contribution in [0, 0.1) is 11.3 Å². The molecular formula is C21H19F3N6O2. The lowest BCUT2D eigenvalue weighted by Crippen LogP contribution is -2.22. The summed E-state index contributed by atoms with van der Waals surface area (Å²) in [7, 11) is 1.18. The molecule has 0 aliphatic heterocycles. The minimum Gasteiger partial charge on any atom is -0.465 e. The first-order chi connectivity index (χ1) is 15.2. The zero-order chi connectivity index (χ0) is 23.0. The van der Waals surface area contributed by atoms with Crippen LogP contribution in [0.5, 0.6) is 0 Å². The van der Waals surface area contributed by atoms with E-state index >= 15 is 0 Å². The SMILES string of the molecule is COC(=O)c1ccc2c(-c3nc(N[C@H]4CC[C@H](N)C4)ncc3C(F)(F)F)c[nH]c2c1C#N. The van der Waals surface area contributed by atoms with E-state index in [-0.39, 0.29) is 45.9 Å². The maximum Gasteiger partial charge on any atom is 0.419 e. The van der Waals surface area contributed by atoms with Crippen LogP contribution in [0.15, 0.2) is 24.5 Å². The molecule has 2 aromatic heterocycles. The lowest BCUT2D eigenvalue weighted by atomic mass is 10.0. The molecule has 32 heavy (non-hydrogen) atoms. The van der Waals surface area contributed by atoms with E-state index in [1.54, 1.807) is 0 Å². The number of anilines is 1. The van der Waals surface area contributed by atoms with Gasteiger partial charge in [0.1, 0.15) is 11.6 Å². The molecule has 0 radical (unpaired) electrons. The predicted octanol–water partition coefficient (Wildman–Crippen LogP) is 3.59. The van der Waals surface area contributed by atoms with Crippen molar-refractivity contribution in [1.82, 2.24) is 15.0 Å². The van der Waals surface area contributed by atoms with Gasteiger partial charge in [0, 0.05) is 35.4 Å². The number of H-pyrrole nitrogens is 1. The van der Waals surface area contributed by atoms with Crippen LogP contribution in [-0.4, -0.2) is 40.1 Å². The van der Waals surface area contributed by atoms with Gasteiger partial charge in [-0.1, -0.05) is 6.07 Å². The Morgan fingerprint density at radius 1 is 1.38 bits per heavy atom. The molecule has 1 fully saturated rings. The number of rotatable bonds is 4. The van der Waals surface area contributed by atoms with Crippen molar-refractivity contribution in [3.8, 4) is 17.3 Å². The number of alkyl halides is 3. The fourth-order valence-corrected chi connectivity index (χ4v) is 3.99. The fraction of sp³-hybridized carbons (Fsp3) is 0.333. The molecule has 166 valence electrons. The highest BCUT2D eigenvalue weighted by Gasteiger charge is 2.36. The van der Waals surface area contributed by atoms with Crippen molar-refractivity contribution in [3.05, 3.63) is 41.2 Å². The number of nitrogens with one attached hydrogen (secondary N) is 2. The van der Waals surface area contributed by atoms with Crippen molar-refractivity contribution in [2.45, 2.75) is 37.5 Å². The summed E-state index contributed by atoms with van der Waals surface area (Å²) in [5.41, 5.74) is 4.89. The second kappa shape index (κ2) is 8.12. The summed E-state index contributed by atoms with van der Waals surface area (Å²) in [5.74, 6) is -0.660. The second-order valence-corrected chi connectivity index (χ2v) is 7.58. The Hall–Kier alpha value is -3.65. The smallest absolute Gasteiger partial charge is 0.419 e. The Morgan fingerprint density at radius 3 is 2.78 bits per heavy atom. The second-order valence-electron chi connectivity index (χ2n) is 7.58. The molecule has 1 saturated carbocycles. The number of carbonyl (C=O) groups excluding carboxylic acids is 1. The van der Waals surface area contributed by atoms with E-state index in [1.165, 1.54) is 25.4 Å². The van der Waals surface area contributed by atoms with E-state index in [0.29, 0.717) is 11.8 Å². The largest absolute Gasteiger partial charge is 0.465 e. The lowest BCUT2D eigenvalue weighted by Gasteiger charge is -2.16. The molecule has 0 saturated heterocycles. The van der Waals surface area contributed by atoms with Crippen LogP contribution in [0.2, 0.25) is 0 Å². The van der Waals surface area contributed by atoms with Gasteiger partial charge in [0.15, 0.2) is 0 Å². The van der Waals surface area contributed by atoms with Crippen LogP contribution in [-0.2, 0) is 10.9 Å². The molecule has 2 atom stereocenters. The first-order valence-electron chi connectivity index (χ1n) is 9.82. The van der Waals surface area contributed by atoms with Crippen molar-refractivity contribution in [1.29, 1.82) is 5.26 Å². The molecule has 11 heteroatoms. The number of hydrogen-bond acceptors (Lipinski definition) is 7. The van der Waals surface area contributed by atoms with Crippen LogP contribution in [0.25, 0.3) is 22.2 Å². The summed E-state index contributed by atoms with van der Waals surface area (Å²) in [6.07, 6.45) is -0.361. The maximum absolute atomic E-state index is 13.7. The van der Waals surface area contributed by atoms with Gasteiger partial charge in [-0.15, -0.1) is 0 Å².